The van der Waals surface area contributed by atoms with Gasteiger partial charge in [0.05, 0.1) is 16.4 Å². The van der Waals surface area contributed by atoms with Crippen LogP contribution in [0.2, 0.25) is 0 Å². The van der Waals surface area contributed by atoms with Crippen molar-refractivity contribution in [1.82, 2.24) is 4.57 Å². The predicted octanol–water partition coefficient (Wildman–Crippen LogP) is 10.7. The van der Waals surface area contributed by atoms with E-state index in [9.17, 15) is 0 Å². The average Bonchev–Trinajstić information content (AvgIpc) is 3.82. The quantitative estimate of drug-likeness (QED) is 0.185. The predicted molar refractivity (Wildman–Crippen MR) is 185 cm³/mol. The molecule has 8 aromatic rings. The summed E-state index contributed by atoms with van der Waals surface area (Å²) in [5.74, 6) is 0. The Hall–Kier alpha value is -5.66. The molecule has 45 heavy (non-hydrogen) atoms. The minimum absolute atomic E-state index is 0.381. The van der Waals surface area contributed by atoms with Crippen molar-refractivity contribution in [3.05, 3.63) is 185 Å². The van der Waals surface area contributed by atoms with Gasteiger partial charge in [-0.05, 0) is 85.8 Å². The molecule has 208 valence electrons. The first-order valence-corrected chi connectivity index (χ1v) is 15.9. The van der Waals surface area contributed by atoms with E-state index in [1.165, 1.54) is 94.3 Å². The average molecular weight is 570 g/mol. The highest BCUT2D eigenvalue weighted by molar-refractivity contribution is 6.16. The Bertz CT molecular complexity index is 2570. The summed E-state index contributed by atoms with van der Waals surface area (Å²) in [6.45, 7) is 0. The van der Waals surface area contributed by atoms with Crippen molar-refractivity contribution in [2.75, 3.05) is 0 Å². The van der Waals surface area contributed by atoms with Crippen LogP contribution in [0.1, 0.15) is 33.4 Å². The first kappa shape index (κ1) is 23.8. The molecule has 0 amide bonds. The lowest BCUT2D eigenvalue weighted by Crippen LogP contribution is -2.25. The Morgan fingerprint density at radius 2 is 1.04 bits per heavy atom. The van der Waals surface area contributed by atoms with Gasteiger partial charge in [0.15, 0.2) is 0 Å². The third-order valence-corrected chi connectivity index (χ3v) is 10.8. The molecule has 3 aliphatic carbocycles. The van der Waals surface area contributed by atoms with Crippen LogP contribution in [0.4, 0.5) is 0 Å². The van der Waals surface area contributed by atoms with E-state index in [0.717, 1.165) is 6.42 Å². The Morgan fingerprint density at radius 1 is 0.422 bits per heavy atom. The minimum Gasteiger partial charge on any atom is -0.309 e. The molecule has 1 heteroatoms. The second-order valence-corrected chi connectivity index (χ2v) is 12.8. The standard InChI is InChI=1S/C44H27N/c1-2-13-28(14-3-1)45-40-21-11-8-16-31(40)32-23-25-39-42(43(32)45)34-18-7-10-20-37(34)44(39)36-19-9-6-17-33(36)41-35-26-27-12-4-5-15-29(27)30(35)22-24-38(41)44/h1-25H,26H2. The molecule has 1 aromatic heterocycles. The van der Waals surface area contributed by atoms with Gasteiger partial charge < -0.3 is 4.57 Å². The van der Waals surface area contributed by atoms with Gasteiger partial charge in [-0.2, -0.15) is 0 Å². The zero-order chi connectivity index (χ0) is 29.3. The van der Waals surface area contributed by atoms with Crippen LogP contribution in [0, 0.1) is 0 Å². The van der Waals surface area contributed by atoms with E-state index in [0.29, 0.717) is 0 Å². The lowest BCUT2D eigenvalue weighted by atomic mass is 9.70. The molecule has 0 aliphatic heterocycles. The maximum Gasteiger partial charge on any atom is 0.0726 e. The van der Waals surface area contributed by atoms with Crippen LogP contribution >= 0.6 is 0 Å². The van der Waals surface area contributed by atoms with E-state index in [4.69, 9.17) is 0 Å². The highest BCUT2D eigenvalue weighted by atomic mass is 15.0. The SMILES string of the molecule is c1ccc(-n2c3ccccc3c3ccc4c(c32)-c2ccccc2C42c3ccccc3-c3c2ccc2c3Cc3ccccc3-2)cc1. The van der Waals surface area contributed by atoms with E-state index in [1.807, 2.05) is 0 Å². The zero-order valence-electron chi connectivity index (χ0n) is 24.6. The minimum atomic E-state index is -0.381. The Morgan fingerprint density at radius 3 is 1.87 bits per heavy atom. The van der Waals surface area contributed by atoms with Crippen LogP contribution in [0.3, 0.4) is 0 Å². The van der Waals surface area contributed by atoms with Crippen LogP contribution in [0.25, 0.3) is 60.9 Å². The van der Waals surface area contributed by atoms with Gasteiger partial charge in [0.1, 0.15) is 0 Å². The Kier molecular flexibility index (Phi) is 4.37. The van der Waals surface area contributed by atoms with Gasteiger partial charge in [-0.3, -0.25) is 0 Å². The fourth-order valence-electron chi connectivity index (χ4n) is 9.25. The van der Waals surface area contributed by atoms with Gasteiger partial charge in [-0.1, -0.05) is 133 Å². The molecule has 7 aromatic carbocycles. The summed E-state index contributed by atoms with van der Waals surface area (Å²) in [7, 11) is 0. The fourth-order valence-corrected chi connectivity index (χ4v) is 9.25. The third-order valence-electron chi connectivity index (χ3n) is 10.8. The molecule has 0 bridgehead atoms. The molecule has 1 nitrogen and oxygen atoms in total. The van der Waals surface area contributed by atoms with Crippen molar-refractivity contribution in [3.63, 3.8) is 0 Å². The lowest BCUT2D eigenvalue weighted by Gasteiger charge is -2.30. The highest BCUT2D eigenvalue weighted by Crippen LogP contribution is 2.65. The second kappa shape index (κ2) is 8.28. The van der Waals surface area contributed by atoms with Crippen LogP contribution in [0.15, 0.2) is 152 Å². The second-order valence-electron chi connectivity index (χ2n) is 12.8. The molecular weight excluding hydrogens is 542 g/mol. The third kappa shape index (κ3) is 2.72. The molecule has 0 N–H and O–H groups in total. The van der Waals surface area contributed by atoms with Gasteiger partial charge in [-0.15, -0.1) is 0 Å². The number of hydrogen-bond acceptors (Lipinski definition) is 0. The number of aromatic nitrogens is 1. The van der Waals surface area contributed by atoms with E-state index >= 15 is 0 Å². The topological polar surface area (TPSA) is 4.93 Å². The molecule has 11 rings (SSSR count). The van der Waals surface area contributed by atoms with Gasteiger partial charge in [0, 0.05) is 22.0 Å². The fraction of sp³-hybridized carbons (Fsp3) is 0.0455. The van der Waals surface area contributed by atoms with Crippen LogP contribution in [-0.4, -0.2) is 4.57 Å². The molecule has 3 aliphatic rings. The molecular formula is C44H27N. The summed E-state index contributed by atoms with van der Waals surface area (Å²) >= 11 is 0. The number of hydrogen-bond donors (Lipinski definition) is 0. The summed E-state index contributed by atoms with van der Waals surface area (Å²) in [4.78, 5) is 0. The number of benzene rings is 7. The largest absolute Gasteiger partial charge is 0.309 e. The van der Waals surface area contributed by atoms with Crippen molar-refractivity contribution >= 4 is 21.8 Å². The van der Waals surface area contributed by atoms with Gasteiger partial charge in [0.2, 0.25) is 0 Å². The first-order valence-electron chi connectivity index (χ1n) is 15.9. The highest BCUT2D eigenvalue weighted by Gasteiger charge is 2.53. The van der Waals surface area contributed by atoms with Crippen molar-refractivity contribution < 1.29 is 0 Å². The monoisotopic (exact) mass is 569 g/mol. The van der Waals surface area contributed by atoms with Gasteiger partial charge >= 0.3 is 0 Å². The molecule has 0 radical (unpaired) electrons. The normalized spacial score (nSPS) is 16.4. The molecule has 1 heterocycles. The maximum atomic E-state index is 2.50. The summed E-state index contributed by atoms with van der Waals surface area (Å²) in [5, 5.41) is 2.59. The number of para-hydroxylation sites is 2. The number of nitrogens with zero attached hydrogens (tertiary/aromatic N) is 1. The van der Waals surface area contributed by atoms with Crippen molar-refractivity contribution in [3.8, 4) is 39.1 Å². The van der Waals surface area contributed by atoms with Gasteiger partial charge in [-0.25, -0.2) is 0 Å². The van der Waals surface area contributed by atoms with Gasteiger partial charge in [0.25, 0.3) is 0 Å². The number of fused-ring (bicyclic) bond motifs is 18. The molecule has 0 fully saturated rings. The maximum absolute atomic E-state index is 2.50. The first-order chi connectivity index (χ1) is 22.4. The molecule has 0 saturated carbocycles. The molecule has 1 atom stereocenters. The summed E-state index contributed by atoms with van der Waals surface area (Å²) in [5.41, 5.74) is 20.1. The van der Waals surface area contributed by atoms with Crippen LogP contribution in [-0.2, 0) is 11.8 Å². The van der Waals surface area contributed by atoms with Crippen molar-refractivity contribution in [2.45, 2.75) is 11.8 Å². The van der Waals surface area contributed by atoms with E-state index in [-0.39, 0.29) is 5.41 Å². The Balaban J connectivity index is 1.33. The van der Waals surface area contributed by atoms with Crippen LogP contribution in [0.5, 0.6) is 0 Å². The Labute approximate surface area is 261 Å². The summed E-state index contributed by atoms with van der Waals surface area (Å²) in [6, 6.07) is 56.9. The molecule has 1 spiro atoms. The van der Waals surface area contributed by atoms with Crippen LogP contribution < -0.4 is 0 Å². The lowest BCUT2D eigenvalue weighted by molar-refractivity contribution is 0.794. The zero-order valence-corrected chi connectivity index (χ0v) is 24.6. The summed E-state index contributed by atoms with van der Waals surface area (Å²) in [6.07, 6.45) is 0.981. The smallest absolute Gasteiger partial charge is 0.0726 e. The van der Waals surface area contributed by atoms with Crippen molar-refractivity contribution in [2.24, 2.45) is 0 Å². The van der Waals surface area contributed by atoms with E-state index in [2.05, 4.69) is 156 Å². The summed E-state index contributed by atoms with van der Waals surface area (Å²) < 4.78 is 2.50. The van der Waals surface area contributed by atoms with Crippen molar-refractivity contribution in [1.29, 1.82) is 0 Å². The van der Waals surface area contributed by atoms with E-state index < -0.39 is 0 Å². The molecule has 1 unspecified atom stereocenters. The number of rotatable bonds is 1. The van der Waals surface area contributed by atoms with E-state index in [1.54, 1.807) is 0 Å². The molecule has 0 saturated heterocycles.